The van der Waals surface area contributed by atoms with Crippen molar-refractivity contribution < 1.29 is 18.7 Å². The van der Waals surface area contributed by atoms with Crippen LogP contribution in [-0.4, -0.2) is 56.4 Å². The van der Waals surface area contributed by atoms with E-state index in [1.54, 1.807) is 11.0 Å². The van der Waals surface area contributed by atoms with Gasteiger partial charge < -0.3 is 14.4 Å². The van der Waals surface area contributed by atoms with Gasteiger partial charge in [-0.05, 0) is 31.5 Å². The van der Waals surface area contributed by atoms with Crippen molar-refractivity contribution in [1.82, 2.24) is 4.90 Å². The third-order valence-corrected chi connectivity index (χ3v) is 6.18. The minimum atomic E-state index is -1.33. The van der Waals surface area contributed by atoms with E-state index in [2.05, 4.69) is 9.80 Å². The minimum Gasteiger partial charge on any atom is -0.367 e. The van der Waals surface area contributed by atoms with Crippen molar-refractivity contribution in [2.45, 2.75) is 25.2 Å². The number of rotatable bonds is 3. The zero-order chi connectivity index (χ0) is 20.7. The molecule has 2 atom stereocenters. The Morgan fingerprint density at radius 1 is 1.03 bits per heavy atom. The van der Waals surface area contributed by atoms with Crippen LogP contribution in [0.15, 0.2) is 48.5 Å². The lowest BCUT2D eigenvalue weighted by Crippen LogP contribution is -2.54. The van der Waals surface area contributed by atoms with Gasteiger partial charge in [-0.2, -0.15) is 0 Å². The van der Waals surface area contributed by atoms with Crippen molar-refractivity contribution in [2.24, 2.45) is 0 Å². The summed E-state index contributed by atoms with van der Waals surface area (Å²) in [4.78, 5) is 19.5. The molecule has 0 saturated carbocycles. The molecule has 0 aromatic heterocycles. The highest BCUT2D eigenvalue weighted by atomic mass is 19.1. The maximum atomic E-state index is 14.1. The average molecular weight is 411 g/mol. The molecule has 3 aliphatic rings. The number of anilines is 2. The molecule has 2 aromatic carbocycles. The van der Waals surface area contributed by atoms with Crippen molar-refractivity contribution in [2.75, 3.05) is 49.3 Å². The van der Waals surface area contributed by atoms with E-state index in [4.69, 9.17) is 9.47 Å². The highest BCUT2D eigenvalue weighted by molar-refractivity contribution is 6.06. The second-order valence-electron chi connectivity index (χ2n) is 8.13. The van der Waals surface area contributed by atoms with Gasteiger partial charge >= 0.3 is 0 Å². The number of hydrogen-bond acceptors (Lipinski definition) is 5. The number of hydrogen-bond donors (Lipinski definition) is 0. The molecule has 0 aliphatic carbocycles. The van der Waals surface area contributed by atoms with E-state index in [-0.39, 0.29) is 17.8 Å². The topological polar surface area (TPSA) is 45.3 Å². The number of fused-ring (bicyclic) bond motifs is 2. The quantitative estimate of drug-likeness (QED) is 0.777. The number of ether oxygens (including phenoxy) is 2. The van der Waals surface area contributed by atoms with Crippen LogP contribution in [0.2, 0.25) is 0 Å². The van der Waals surface area contributed by atoms with Gasteiger partial charge in [0.1, 0.15) is 5.82 Å². The number of halogens is 1. The Morgan fingerprint density at radius 2 is 1.73 bits per heavy atom. The summed E-state index contributed by atoms with van der Waals surface area (Å²) >= 11 is 0. The molecule has 5 rings (SSSR count). The maximum absolute atomic E-state index is 14.1. The van der Waals surface area contributed by atoms with E-state index in [0.717, 1.165) is 30.8 Å². The second-order valence-corrected chi connectivity index (χ2v) is 8.13. The molecular weight excluding hydrogens is 385 g/mol. The molecule has 0 bridgehead atoms. The summed E-state index contributed by atoms with van der Waals surface area (Å²) in [7, 11) is 0. The Balaban J connectivity index is 1.32. The van der Waals surface area contributed by atoms with E-state index in [1.165, 1.54) is 6.07 Å². The minimum absolute atomic E-state index is 0.0416. The molecule has 0 unspecified atom stereocenters. The molecule has 7 heteroatoms. The molecule has 30 heavy (non-hydrogen) atoms. The fraction of sp³-hybridized carbons (Fsp3) is 0.435. The second kappa shape index (κ2) is 7.65. The summed E-state index contributed by atoms with van der Waals surface area (Å²) in [5.74, 6) is -1.69. The molecule has 2 fully saturated rings. The average Bonchev–Trinajstić information content (AvgIpc) is 2.97. The lowest BCUT2D eigenvalue weighted by molar-refractivity contribution is -0.277. The van der Waals surface area contributed by atoms with E-state index < -0.39 is 5.79 Å². The zero-order valence-electron chi connectivity index (χ0n) is 17.1. The summed E-state index contributed by atoms with van der Waals surface area (Å²) in [5, 5.41) is 0. The molecule has 3 heterocycles. The van der Waals surface area contributed by atoms with Gasteiger partial charge in [0.05, 0.1) is 30.8 Å². The number of nitrogens with zero attached hydrogens (tertiary/aromatic N) is 3. The van der Waals surface area contributed by atoms with Crippen molar-refractivity contribution in [1.29, 1.82) is 0 Å². The Hall–Kier alpha value is -2.48. The van der Waals surface area contributed by atoms with Crippen LogP contribution in [0, 0.1) is 5.82 Å². The number of carbonyl (C=O) groups excluding carboxylic acids is 1. The number of para-hydroxylation sites is 2. The van der Waals surface area contributed by atoms with E-state index >= 15 is 0 Å². The van der Waals surface area contributed by atoms with Gasteiger partial charge in [-0.3, -0.25) is 14.6 Å². The first kappa shape index (κ1) is 19.5. The number of amides is 1. The van der Waals surface area contributed by atoms with Crippen molar-refractivity contribution in [3.8, 4) is 0 Å². The molecule has 0 radical (unpaired) electrons. The third-order valence-electron chi connectivity index (χ3n) is 6.18. The maximum Gasteiger partial charge on any atom is 0.293 e. The summed E-state index contributed by atoms with van der Waals surface area (Å²) in [6.07, 6.45) is 0.731. The number of piperazine rings is 1. The molecule has 158 valence electrons. The predicted molar refractivity (Wildman–Crippen MR) is 112 cm³/mol. The Labute approximate surface area is 175 Å². The molecule has 1 spiro atoms. The Morgan fingerprint density at radius 3 is 2.47 bits per heavy atom. The van der Waals surface area contributed by atoms with Crippen molar-refractivity contribution in [3.63, 3.8) is 0 Å². The van der Waals surface area contributed by atoms with E-state index in [1.807, 2.05) is 43.3 Å². The fourth-order valence-corrected chi connectivity index (χ4v) is 4.57. The first-order valence-corrected chi connectivity index (χ1v) is 10.5. The van der Waals surface area contributed by atoms with Crippen molar-refractivity contribution in [3.05, 3.63) is 59.9 Å². The Bertz CT molecular complexity index is 947. The molecule has 3 aliphatic heterocycles. The van der Waals surface area contributed by atoms with Crippen LogP contribution < -0.4 is 9.80 Å². The molecule has 2 aromatic rings. The monoisotopic (exact) mass is 411 g/mol. The van der Waals surface area contributed by atoms with Gasteiger partial charge in [0.25, 0.3) is 11.7 Å². The predicted octanol–water partition coefficient (Wildman–Crippen LogP) is 2.93. The van der Waals surface area contributed by atoms with E-state index in [9.17, 15) is 9.18 Å². The summed E-state index contributed by atoms with van der Waals surface area (Å²) < 4.78 is 26.2. The highest BCUT2D eigenvalue weighted by Crippen LogP contribution is 2.46. The normalized spacial score (nSPS) is 27.0. The highest BCUT2D eigenvalue weighted by Gasteiger charge is 2.56. The standard InChI is InChI=1S/C23H26FN3O3/c1-17-10-15-29-23(30-17)18-6-2-4-8-20(18)27(22(23)28)16-25-11-13-26(14-12-25)21-9-5-3-7-19(21)24/h2-9,17H,10-16H2,1H3/t17-,23+/m1/s1. The largest absolute Gasteiger partial charge is 0.367 e. The summed E-state index contributed by atoms with van der Waals surface area (Å²) in [6.45, 7) is 5.83. The van der Waals surface area contributed by atoms with Gasteiger partial charge in [0.2, 0.25) is 0 Å². The molecular formula is C23H26FN3O3. The SMILES string of the molecule is C[C@@H]1CCO[C@@]2(O1)C(=O)N(CN1CCN(c3ccccc3F)CC1)c1ccccc12. The lowest BCUT2D eigenvalue weighted by Gasteiger charge is -2.39. The van der Waals surface area contributed by atoms with Gasteiger partial charge in [-0.15, -0.1) is 0 Å². The Kier molecular flexibility index (Phi) is 4.97. The van der Waals surface area contributed by atoms with Crippen LogP contribution in [0.1, 0.15) is 18.9 Å². The van der Waals surface area contributed by atoms with Crippen LogP contribution in [0.25, 0.3) is 0 Å². The van der Waals surface area contributed by atoms with Gasteiger partial charge in [-0.1, -0.05) is 30.3 Å². The van der Waals surface area contributed by atoms with E-state index in [0.29, 0.717) is 32.1 Å². The fourth-order valence-electron chi connectivity index (χ4n) is 4.57. The molecule has 0 N–H and O–H groups in total. The molecule has 6 nitrogen and oxygen atoms in total. The third kappa shape index (κ3) is 3.17. The summed E-state index contributed by atoms with van der Waals surface area (Å²) in [6, 6.07) is 14.6. The molecule has 1 amide bonds. The van der Waals surface area contributed by atoms with Gasteiger partial charge in [0.15, 0.2) is 0 Å². The van der Waals surface area contributed by atoms with Crippen LogP contribution >= 0.6 is 0 Å². The smallest absolute Gasteiger partial charge is 0.293 e. The van der Waals surface area contributed by atoms with Crippen LogP contribution in [-0.2, 0) is 20.1 Å². The van der Waals surface area contributed by atoms with Gasteiger partial charge in [-0.25, -0.2) is 4.39 Å². The number of benzene rings is 2. The van der Waals surface area contributed by atoms with Crippen LogP contribution in [0.3, 0.4) is 0 Å². The molecule has 2 saturated heterocycles. The first-order valence-electron chi connectivity index (χ1n) is 10.5. The zero-order valence-corrected chi connectivity index (χ0v) is 17.1. The van der Waals surface area contributed by atoms with Gasteiger partial charge in [0, 0.05) is 31.7 Å². The van der Waals surface area contributed by atoms with Crippen LogP contribution in [0.5, 0.6) is 0 Å². The lowest BCUT2D eigenvalue weighted by atomic mass is 10.1. The van der Waals surface area contributed by atoms with Crippen molar-refractivity contribution >= 4 is 17.3 Å². The first-order chi connectivity index (χ1) is 14.6. The number of carbonyl (C=O) groups is 1. The van der Waals surface area contributed by atoms with Crippen LogP contribution in [0.4, 0.5) is 15.8 Å². The summed E-state index contributed by atoms with van der Waals surface area (Å²) in [5.41, 5.74) is 2.26.